The number of carbonyl (C=O) groups excluding carboxylic acids is 1. The summed E-state index contributed by atoms with van der Waals surface area (Å²) in [5.41, 5.74) is 0. The SMILES string of the molecule is C.C.COC(CBr)CC(C)=O. The van der Waals surface area contributed by atoms with E-state index in [4.69, 9.17) is 4.74 Å². The average molecular weight is 227 g/mol. The Balaban J connectivity index is -0.000000320. The van der Waals surface area contributed by atoms with Crippen molar-refractivity contribution in [1.82, 2.24) is 0 Å². The Labute approximate surface area is 78.4 Å². The van der Waals surface area contributed by atoms with Crippen LogP contribution in [-0.4, -0.2) is 24.3 Å². The third-order valence-electron chi connectivity index (χ3n) is 1.02. The number of hydrogen-bond acceptors (Lipinski definition) is 2. The van der Waals surface area contributed by atoms with E-state index in [9.17, 15) is 4.79 Å². The summed E-state index contributed by atoms with van der Waals surface area (Å²) in [6.07, 6.45) is 0.546. The Morgan fingerprint density at radius 1 is 1.55 bits per heavy atom. The van der Waals surface area contributed by atoms with Gasteiger partial charge in [-0.05, 0) is 6.92 Å². The predicted octanol–water partition coefficient (Wildman–Crippen LogP) is 2.65. The average Bonchev–Trinajstić information content (AvgIpc) is 1.82. The van der Waals surface area contributed by atoms with E-state index >= 15 is 0 Å². The highest BCUT2D eigenvalue weighted by atomic mass is 79.9. The third-order valence-corrected chi connectivity index (χ3v) is 1.74. The lowest BCUT2D eigenvalue weighted by Gasteiger charge is -2.07. The molecule has 0 aromatic heterocycles. The van der Waals surface area contributed by atoms with E-state index < -0.39 is 0 Å². The van der Waals surface area contributed by atoms with Gasteiger partial charge < -0.3 is 4.74 Å². The molecule has 0 aromatic carbocycles. The molecule has 0 amide bonds. The fourth-order valence-electron chi connectivity index (χ4n) is 0.521. The second-order valence-corrected chi connectivity index (χ2v) is 2.57. The predicted molar refractivity (Wildman–Crippen MR) is 53.4 cm³/mol. The highest BCUT2D eigenvalue weighted by Gasteiger charge is 2.06. The Morgan fingerprint density at radius 3 is 2.09 bits per heavy atom. The molecular weight excluding hydrogens is 208 g/mol. The van der Waals surface area contributed by atoms with E-state index in [1.165, 1.54) is 0 Å². The zero-order valence-electron chi connectivity index (χ0n) is 5.69. The quantitative estimate of drug-likeness (QED) is 0.690. The van der Waals surface area contributed by atoms with Crippen LogP contribution in [0.25, 0.3) is 0 Å². The zero-order valence-corrected chi connectivity index (χ0v) is 7.27. The van der Waals surface area contributed by atoms with Gasteiger partial charge in [0.05, 0.1) is 6.10 Å². The van der Waals surface area contributed by atoms with Gasteiger partial charge in [-0.25, -0.2) is 0 Å². The first-order chi connectivity index (χ1) is 4.20. The molecule has 1 atom stereocenters. The summed E-state index contributed by atoms with van der Waals surface area (Å²) >= 11 is 3.23. The van der Waals surface area contributed by atoms with E-state index in [1.54, 1.807) is 14.0 Å². The minimum absolute atomic E-state index is 0. The van der Waals surface area contributed by atoms with Gasteiger partial charge >= 0.3 is 0 Å². The second kappa shape index (κ2) is 10.1. The van der Waals surface area contributed by atoms with Gasteiger partial charge in [0, 0.05) is 18.9 Å². The Morgan fingerprint density at radius 2 is 2.00 bits per heavy atom. The van der Waals surface area contributed by atoms with Crippen molar-refractivity contribution in [3.8, 4) is 0 Å². The van der Waals surface area contributed by atoms with Gasteiger partial charge in [0.15, 0.2) is 0 Å². The van der Waals surface area contributed by atoms with Crippen LogP contribution in [0.3, 0.4) is 0 Å². The Hall–Kier alpha value is 0.110. The standard InChI is InChI=1S/C6H11BrO2.2CH4/c1-5(8)3-6(4-7)9-2;;/h6H,3-4H2,1-2H3;2*1H4. The van der Waals surface area contributed by atoms with E-state index in [0.29, 0.717) is 6.42 Å². The number of ketones is 1. The molecule has 0 saturated heterocycles. The lowest BCUT2D eigenvalue weighted by Crippen LogP contribution is -2.15. The summed E-state index contributed by atoms with van der Waals surface area (Å²) in [7, 11) is 1.61. The first-order valence-corrected chi connectivity index (χ1v) is 3.91. The summed E-state index contributed by atoms with van der Waals surface area (Å²) in [6.45, 7) is 1.56. The van der Waals surface area contributed by atoms with Crippen LogP contribution in [0.15, 0.2) is 0 Å². The molecule has 0 rings (SSSR count). The fourth-order valence-corrected chi connectivity index (χ4v) is 1.01. The van der Waals surface area contributed by atoms with Crippen molar-refractivity contribution in [2.75, 3.05) is 12.4 Å². The van der Waals surface area contributed by atoms with E-state index in [2.05, 4.69) is 15.9 Å². The number of alkyl halides is 1. The van der Waals surface area contributed by atoms with Crippen LogP contribution < -0.4 is 0 Å². The van der Waals surface area contributed by atoms with Crippen molar-refractivity contribution in [3.05, 3.63) is 0 Å². The molecule has 0 spiro atoms. The van der Waals surface area contributed by atoms with Gasteiger partial charge in [-0.2, -0.15) is 0 Å². The molecular formula is C8H19BrO2. The van der Waals surface area contributed by atoms with E-state index in [-0.39, 0.29) is 26.7 Å². The summed E-state index contributed by atoms with van der Waals surface area (Å²) in [5, 5.41) is 0.725. The smallest absolute Gasteiger partial charge is 0.132 e. The summed E-state index contributed by atoms with van der Waals surface area (Å²) < 4.78 is 4.94. The summed E-state index contributed by atoms with van der Waals surface area (Å²) in [5.74, 6) is 0.168. The Bertz CT molecular complexity index is 90.1. The maximum atomic E-state index is 10.5. The summed E-state index contributed by atoms with van der Waals surface area (Å²) in [4.78, 5) is 10.5. The second-order valence-electron chi connectivity index (χ2n) is 1.92. The monoisotopic (exact) mass is 226 g/mol. The lowest BCUT2D eigenvalue weighted by atomic mass is 10.2. The largest absolute Gasteiger partial charge is 0.380 e. The molecule has 0 aromatic rings. The number of hydrogen-bond donors (Lipinski definition) is 0. The molecule has 1 unspecified atom stereocenters. The maximum absolute atomic E-state index is 10.5. The van der Waals surface area contributed by atoms with Crippen molar-refractivity contribution in [3.63, 3.8) is 0 Å². The molecule has 2 nitrogen and oxygen atoms in total. The Kier molecular flexibility index (Phi) is 15.9. The molecule has 0 aliphatic heterocycles. The van der Waals surface area contributed by atoms with Crippen LogP contribution in [0.4, 0.5) is 0 Å². The third kappa shape index (κ3) is 10.1. The first kappa shape index (κ1) is 17.3. The molecule has 0 aliphatic carbocycles. The van der Waals surface area contributed by atoms with E-state index in [0.717, 1.165) is 5.33 Å². The molecule has 0 saturated carbocycles. The van der Waals surface area contributed by atoms with Gasteiger partial charge in [0.1, 0.15) is 5.78 Å². The number of halogens is 1. The molecule has 0 aliphatic rings. The topological polar surface area (TPSA) is 26.3 Å². The molecule has 3 heteroatoms. The minimum atomic E-state index is 0. The van der Waals surface area contributed by atoms with Crippen molar-refractivity contribution in [2.45, 2.75) is 34.3 Å². The lowest BCUT2D eigenvalue weighted by molar-refractivity contribution is -0.118. The number of carbonyl (C=O) groups is 1. The highest BCUT2D eigenvalue weighted by molar-refractivity contribution is 9.09. The highest BCUT2D eigenvalue weighted by Crippen LogP contribution is 2.00. The van der Waals surface area contributed by atoms with Crippen LogP contribution in [0.1, 0.15) is 28.2 Å². The van der Waals surface area contributed by atoms with Gasteiger partial charge in [0.25, 0.3) is 0 Å². The number of rotatable bonds is 4. The van der Waals surface area contributed by atoms with Gasteiger partial charge in [-0.15, -0.1) is 0 Å². The first-order valence-electron chi connectivity index (χ1n) is 2.79. The molecule has 0 N–H and O–H groups in total. The zero-order chi connectivity index (χ0) is 7.28. The number of methoxy groups -OCH3 is 1. The molecule has 0 heterocycles. The number of ether oxygens (including phenoxy) is 1. The maximum Gasteiger partial charge on any atom is 0.132 e. The molecule has 70 valence electrons. The van der Waals surface area contributed by atoms with E-state index in [1.807, 2.05) is 0 Å². The molecule has 0 bridgehead atoms. The van der Waals surface area contributed by atoms with Gasteiger partial charge in [-0.1, -0.05) is 30.8 Å². The molecule has 0 radical (unpaired) electrons. The van der Waals surface area contributed by atoms with Gasteiger partial charge in [0.2, 0.25) is 0 Å². The van der Waals surface area contributed by atoms with Crippen LogP contribution in [0.5, 0.6) is 0 Å². The van der Waals surface area contributed by atoms with Crippen molar-refractivity contribution >= 4 is 21.7 Å². The van der Waals surface area contributed by atoms with Crippen LogP contribution in [0, 0.1) is 0 Å². The fraction of sp³-hybridized carbons (Fsp3) is 0.875. The van der Waals surface area contributed by atoms with Crippen molar-refractivity contribution in [2.24, 2.45) is 0 Å². The minimum Gasteiger partial charge on any atom is -0.380 e. The molecule has 0 fully saturated rings. The number of Topliss-reactive ketones (excluding diaryl/α,β-unsaturated/α-hetero) is 1. The summed E-state index contributed by atoms with van der Waals surface area (Å²) in [6, 6.07) is 0. The van der Waals surface area contributed by atoms with Crippen LogP contribution in [0.2, 0.25) is 0 Å². The normalized spacial score (nSPS) is 10.8. The van der Waals surface area contributed by atoms with Crippen molar-refractivity contribution in [1.29, 1.82) is 0 Å². The van der Waals surface area contributed by atoms with Crippen LogP contribution >= 0.6 is 15.9 Å². The van der Waals surface area contributed by atoms with Crippen molar-refractivity contribution < 1.29 is 9.53 Å². The van der Waals surface area contributed by atoms with Crippen LogP contribution in [-0.2, 0) is 9.53 Å². The molecule has 11 heavy (non-hydrogen) atoms. The van der Waals surface area contributed by atoms with Gasteiger partial charge in [-0.3, -0.25) is 4.79 Å².